The number of carbonyl (C=O) groups is 2. The first-order valence-electron chi connectivity index (χ1n) is 8.21. The van der Waals surface area contributed by atoms with E-state index in [4.69, 9.17) is 16.3 Å². The lowest BCUT2D eigenvalue weighted by molar-refractivity contribution is -0.385. The van der Waals surface area contributed by atoms with Crippen LogP contribution in [-0.4, -0.2) is 60.3 Å². The molecule has 27 heavy (non-hydrogen) atoms. The highest BCUT2D eigenvalue weighted by Crippen LogP contribution is 2.25. The normalized spacial score (nSPS) is 19.3. The smallest absolute Gasteiger partial charge is 0.345 e. The largest absolute Gasteiger partial charge is 0.449 e. The SMILES string of the molecule is CCN(C(=O)[C@H](C)OC(=O)c1ccc(Cl)cc1[N+](=O)[O-])[C@H]1CCS(=O)(=O)C1. The first-order valence-corrected chi connectivity index (χ1v) is 10.4. The van der Waals surface area contributed by atoms with Crippen LogP contribution in [0.1, 0.15) is 30.6 Å². The van der Waals surface area contributed by atoms with Crippen molar-refractivity contribution in [3.8, 4) is 0 Å². The Morgan fingerprint density at radius 3 is 2.63 bits per heavy atom. The van der Waals surface area contributed by atoms with Crippen LogP contribution < -0.4 is 0 Å². The minimum Gasteiger partial charge on any atom is -0.449 e. The van der Waals surface area contributed by atoms with Crippen molar-refractivity contribution in [2.45, 2.75) is 32.4 Å². The molecule has 1 saturated heterocycles. The maximum absolute atomic E-state index is 12.6. The average molecular weight is 419 g/mol. The molecule has 0 saturated carbocycles. The van der Waals surface area contributed by atoms with Crippen LogP contribution in [0.15, 0.2) is 18.2 Å². The van der Waals surface area contributed by atoms with Crippen molar-refractivity contribution in [3.05, 3.63) is 38.9 Å². The van der Waals surface area contributed by atoms with Gasteiger partial charge in [0, 0.05) is 23.7 Å². The fourth-order valence-electron chi connectivity index (χ4n) is 2.95. The molecule has 0 N–H and O–H groups in total. The fourth-order valence-corrected chi connectivity index (χ4v) is 4.85. The molecule has 11 heteroatoms. The molecule has 0 aliphatic carbocycles. The molecule has 1 aromatic carbocycles. The van der Waals surface area contributed by atoms with Crippen molar-refractivity contribution < 1.29 is 27.7 Å². The predicted molar refractivity (Wildman–Crippen MR) is 97.4 cm³/mol. The molecule has 1 aromatic rings. The summed E-state index contributed by atoms with van der Waals surface area (Å²) in [5.41, 5.74) is -0.850. The Balaban J connectivity index is 2.14. The van der Waals surface area contributed by atoms with E-state index in [9.17, 15) is 28.1 Å². The Morgan fingerprint density at radius 2 is 2.11 bits per heavy atom. The number of amides is 1. The number of likely N-dealkylation sites (N-methyl/N-ethyl adjacent to an activating group) is 1. The predicted octanol–water partition coefficient (Wildman–Crippen LogP) is 1.83. The Labute approximate surface area is 161 Å². The van der Waals surface area contributed by atoms with E-state index in [0.29, 0.717) is 6.42 Å². The van der Waals surface area contributed by atoms with E-state index in [1.165, 1.54) is 17.9 Å². The minimum absolute atomic E-state index is 0.00653. The van der Waals surface area contributed by atoms with Crippen LogP contribution in [-0.2, 0) is 19.4 Å². The number of nitro groups is 1. The third kappa shape index (κ3) is 4.95. The van der Waals surface area contributed by atoms with E-state index in [2.05, 4.69) is 0 Å². The van der Waals surface area contributed by atoms with Crippen LogP contribution in [0, 0.1) is 10.1 Å². The Hall–Kier alpha value is -2.20. The number of benzene rings is 1. The maximum atomic E-state index is 12.6. The highest BCUT2D eigenvalue weighted by molar-refractivity contribution is 7.91. The van der Waals surface area contributed by atoms with Gasteiger partial charge >= 0.3 is 5.97 Å². The van der Waals surface area contributed by atoms with Crippen LogP contribution in [0.4, 0.5) is 5.69 Å². The highest BCUT2D eigenvalue weighted by Gasteiger charge is 2.36. The maximum Gasteiger partial charge on any atom is 0.345 e. The molecule has 0 radical (unpaired) electrons. The van der Waals surface area contributed by atoms with Crippen molar-refractivity contribution in [3.63, 3.8) is 0 Å². The van der Waals surface area contributed by atoms with Crippen molar-refractivity contribution in [2.24, 2.45) is 0 Å². The summed E-state index contributed by atoms with van der Waals surface area (Å²) in [6.45, 7) is 3.29. The Kier molecular flexibility index (Phi) is 6.42. The Morgan fingerprint density at radius 1 is 1.44 bits per heavy atom. The van der Waals surface area contributed by atoms with E-state index in [-0.39, 0.29) is 28.6 Å². The summed E-state index contributed by atoms with van der Waals surface area (Å²) in [5, 5.41) is 11.2. The molecule has 0 aromatic heterocycles. The van der Waals surface area contributed by atoms with Gasteiger partial charge in [-0.3, -0.25) is 14.9 Å². The van der Waals surface area contributed by atoms with Gasteiger partial charge in [-0.2, -0.15) is 0 Å². The quantitative estimate of drug-likeness (QED) is 0.392. The number of sulfone groups is 1. The third-order valence-corrected chi connectivity index (χ3v) is 6.27. The lowest BCUT2D eigenvalue weighted by atomic mass is 10.1. The van der Waals surface area contributed by atoms with Crippen LogP contribution in [0.25, 0.3) is 0 Å². The Bertz CT molecular complexity index is 872. The van der Waals surface area contributed by atoms with Crippen LogP contribution in [0.3, 0.4) is 0 Å². The molecule has 1 amide bonds. The topological polar surface area (TPSA) is 124 Å². The first-order chi connectivity index (χ1) is 12.6. The third-order valence-electron chi connectivity index (χ3n) is 4.28. The summed E-state index contributed by atoms with van der Waals surface area (Å²) in [4.78, 5) is 36.6. The lowest BCUT2D eigenvalue weighted by Crippen LogP contribution is -2.46. The summed E-state index contributed by atoms with van der Waals surface area (Å²) in [7, 11) is -3.18. The van der Waals surface area contributed by atoms with Gasteiger partial charge in [0.25, 0.3) is 11.6 Å². The summed E-state index contributed by atoms with van der Waals surface area (Å²) in [5.74, 6) is -1.71. The molecule has 1 fully saturated rings. The number of esters is 1. The van der Waals surface area contributed by atoms with Gasteiger partial charge in [0.1, 0.15) is 5.56 Å². The van der Waals surface area contributed by atoms with Crippen LogP contribution in [0.5, 0.6) is 0 Å². The number of hydrogen-bond donors (Lipinski definition) is 0. The van der Waals surface area contributed by atoms with Crippen molar-refractivity contribution in [1.29, 1.82) is 0 Å². The van der Waals surface area contributed by atoms with Crippen molar-refractivity contribution in [1.82, 2.24) is 4.90 Å². The number of halogens is 1. The number of carbonyl (C=O) groups excluding carboxylic acids is 2. The van der Waals surface area contributed by atoms with Gasteiger partial charge in [-0.05, 0) is 32.4 Å². The van der Waals surface area contributed by atoms with Crippen molar-refractivity contribution in [2.75, 3.05) is 18.1 Å². The zero-order valence-electron chi connectivity index (χ0n) is 14.8. The van der Waals surface area contributed by atoms with Crippen molar-refractivity contribution >= 4 is 39.0 Å². The highest BCUT2D eigenvalue weighted by atomic mass is 35.5. The van der Waals surface area contributed by atoms with Gasteiger partial charge in [-0.15, -0.1) is 0 Å². The number of ether oxygens (including phenoxy) is 1. The molecular formula is C16H19ClN2O7S. The summed E-state index contributed by atoms with van der Waals surface area (Å²) in [6.07, 6.45) is -0.901. The van der Waals surface area contributed by atoms with Crippen LogP contribution >= 0.6 is 11.6 Å². The zero-order valence-corrected chi connectivity index (χ0v) is 16.3. The second kappa shape index (κ2) is 8.22. The van der Waals surface area contributed by atoms with E-state index >= 15 is 0 Å². The lowest BCUT2D eigenvalue weighted by Gasteiger charge is -2.29. The van der Waals surface area contributed by atoms with Gasteiger partial charge in [0.2, 0.25) is 0 Å². The molecule has 9 nitrogen and oxygen atoms in total. The molecule has 0 spiro atoms. The number of nitrogens with zero attached hydrogens (tertiary/aromatic N) is 2. The first kappa shape index (κ1) is 21.1. The summed E-state index contributed by atoms with van der Waals surface area (Å²) in [6, 6.07) is 3.01. The molecule has 1 aliphatic heterocycles. The fraction of sp³-hybridized carbons (Fsp3) is 0.500. The van der Waals surface area contributed by atoms with Gasteiger partial charge < -0.3 is 9.64 Å². The molecule has 2 rings (SSSR count). The van der Waals surface area contributed by atoms with Gasteiger partial charge in [-0.25, -0.2) is 13.2 Å². The van der Waals surface area contributed by atoms with Gasteiger partial charge in [0.05, 0.1) is 16.4 Å². The van der Waals surface area contributed by atoms with Gasteiger partial charge in [0.15, 0.2) is 15.9 Å². The molecule has 0 bridgehead atoms. The second-order valence-corrected chi connectivity index (χ2v) is 8.81. The zero-order chi connectivity index (χ0) is 20.4. The van der Waals surface area contributed by atoms with E-state index in [1.807, 2.05) is 0 Å². The molecule has 2 atom stereocenters. The average Bonchev–Trinajstić information content (AvgIpc) is 2.94. The molecule has 1 heterocycles. The van der Waals surface area contributed by atoms with Gasteiger partial charge in [-0.1, -0.05) is 11.6 Å². The molecule has 1 aliphatic rings. The standard InChI is InChI=1S/C16H19ClN2O7S/c1-3-18(12-6-7-27(24,25)9-12)15(20)10(2)26-16(21)13-5-4-11(17)8-14(13)19(22)23/h4-5,8,10,12H,3,6-7,9H2,1-2H3/t10-,12-/m0/s1. The number of rotatable bonds is 6. The summed E-state index contributed by atoms with van der Waals surface area (Å²) < 4.78 is 28.4. The number of hydrogen-bond acceptors (Lipinski definition) is 7. The second-order valence-electron chi connectivity index (χ2n) is 6.15. The molecule has 148 valence electrons. The van der Waals surface area contributed by atoms with E-state index in [0.717, 1.165) is 12.1 Å². The number of nitro benzene ring substituents is 1. The van der Waals surface area contributed by atoms with E-state index in [1.54, 1.807) is 6.92 Å². The molecular weight excluding hydrogens is 400 g/mol. The molecule has 0 unspecified atom stereocenters. The minimum atomic E-state index is -3.18. The van der Waals surface area contributed by atoms with E-state index < -0.39 is 44.5 Å². The monoisotopic (exact) mass is 418 g/mol. The summed E-state index contributed by atoms with van der Waals surface area (Å²) >= 11 is 5.71. The van der Waals surface area contributed by atoms with Crippen LogP contribution in [0.2, 0.25) is 5.02 Å².